The van der Waals surface area contributed by atoms with Gasteiger partial charge in [-0.15, -0.1) is 0 Å². The summed E-state index contributed by atoms with van der Waals surface area (Å²) in [5.74, 6) is 0. The monoisotopic (exact) mass is 203 g/mol. The second-order valence-electron chi connectivity index (χ2n) is 5.19. The summed E-state index contributed by atoms with van der Waals surface area (Å²) in [6, 6.07) is 0. The summed E-state index contributed by atoms with van der Waals surface area (Å²) >= 11 is 0. The molecule has 14 heavy (non-hydrogen) atoms. The number of hydrogen-bond donors (Lipinski definition) is 3. The molecular weight excluding hydrogens is 178 g/mol. The van der Waals surface area contributed by atoms with E-state index in [-0.39, 0.29) is 5.41 Å². The van der Waals surface area contributed by atoms with Crippen molar-refractivity contribution in [1.82, 2.24) is 5.32 Å². The van der Waals surface area contributed by atoms with Gasteiger partial charge in [0.25, 0.3) is 0 Å². The molecule has 0 fully saturated rings. The van der Waals surface area contributed by atoms with E-state index in [4.69, 9.17) is 0 Å². The van der Waals surface area contributed by atoms with Gasteiger partial charge in [0.2, 0.25) is 0 Å². The Morgan fingerprint density at radius 3 is 2.07 bits per heavy atom. The molecule has 0 aliphatic heterocycles. The molecule has 0 aliphatic rings. The van der Waals surface area contributed by atoms with Crippen LogP contribution in [-0.4, -0.2) is 35.0 Å². The molecule has 0 heterocycles. The highest BCUT2D eigenvalue weighted by Gasteiger charge is 2.36. The zero-order valence-electron chi connectivity index (χ0n) is 10.1. The first-order chi connectivity index (χ1) is 6.20. The van der Waals surface area contributed by atoms with E-state index in [1.807, 2.05) is 27.7 Å². The van der Waals surface area contributed by atoms with E-state index in [9.17, 15) is 10.2 Å². The summed E-state index contributed by atoms with van der Waals surface area (Å²) in [7, 11) is 0. The molecule has 0 radical (unpaired) electrons. The Kier molecular flexibility index (Phi) is 5.06. The summed E-state index contributed by atoms with van der Waals surface area (Å²) < 4.78 is 0. The molecule has 0 bridgehead atoms. The Morgan fingerprint density at radius 2 is 1.71 bits per heavy atom. The van der Waals surface area contributed by atoms with Crippen molar-refractivity contribution in [2.45, 2.75) is 52.7 Å². The molecule has 0 aromatic carbocycles. The van der Waals surface area contributed by atoms with Crippen LogP contribution >= 0.6 is 0 Å². The summed E-state index contributed by atoms with van der Waals surface area (Å²) in [6.07, 6.45) is -0.0760. The van der Waals surface area contributed by atoms with Crippen LogP contribution in [0.15, 0.2) is 0 Å². The minimum atomic E-state index is -0.832. The lowest BCUT2D eigenvalue weighted by Crippen LogP contribution is -2.44. The average molecular weight is 203 g/mol. The quantitative estimate of drug-likeness (QED) is 0.628. The fraction of sp³-hybridized carbons (Fsp3) is 1.00. The van der Waals surface area contributed by atoms with E-state index in [0.29, 0.717) is 13.0 Å². The maximum absolute atomic E-state index is 10.1. The summed E-state index contributed by atoms with van der Waals surface area (Å²) in [6.45, 7) is 11.1. The van der Waals surface area contributed by atoms with Crippen LogP contribution in [0.2, 0.25) is 0 Å². The van der Waals surface area contributed by atoms with Crippen molar-refractivity contribution >= 4 is 0 Å². The summed E-state index contributed by atoms with van der Waals surface area (Å²) in [5.41, 5.74) is -1.04. The van der Waals surface area contributed by atoms with Crippen molar-refractivity contribution in [3.05, 3.63) is 0 Å². The summed E-state index contributed by atoms with van der Waals surface area (Å²) in [5, 5.41) is 22.9. The van der Waals surface area contributed by atoms with Crippen molar-refractivity contribution in [3.63, 3.8) is 0 Å². The third-order valence-electron chi connectivity index (χ3n) is 2.88. The average Bonchev–Trinajstić information content (AvgIpc) is 1.97. The number of likely N-dealkylation sites (N-methyl/N-ethyl adjacent to an activating group) is 1. The normalized spacial score (nSPS) is 19.1. The van der Waals surface area contributed by atoms with Crippen LogP contribution < -0.4 is 5.32 Å². The Labute approximate surface area is 87.5 Å². The Hall–Kier alpha value is -0.120. The molecule has 0 spiro atoms. The standard InChI is InChI=1S/C11H25NO2/c1-6-12-8-9(13)7-11(5,14)10(2,3)4/h9,12-14H,6-8H2,1-5H3/t9-,11-/m0/s1. The van der Waals surface area contributed by atoms with Crippen molar-refractivity contribution < 1.29 is 10.2 Å². The lowest BCUT2D eigenvalue weighted by atomic mass is 9.74. The first kappa shape index (κ1) is 13.9. The molecule has 0 saturated heterocycles. The zero-order chi connectivity index (χ0) is 11.4. The molecule has 0 aromatic rings. The van der Waals surface area contributed by atoms with Crippen LogP contribution in [0.3, 0.4) is 0 Å². The third-order valence-corrected chi connectivity index (χ3v) is 2.88. The molecule has 0 saturated carbocycles. The first-order valence-corrected chi connectivity index (χ1v) is 5.32. The number of rotatable bonds is 5. The van der Waals surface area contributed by atoms with E-state index >= 15 is 0 Å². The van der Waals surface area contributed by atoms with Gasteiger partial charge in [-0.2, -0.15) is 0 Å². The highest BCUT2D eigenvalue weighted by molar-refractivity contribution is 4.88. The molecule has 2 atom stereocenters. The first-order valence-electron chi connectivity index (χ1n) is 5.32. The van der Waals surface area contributed by atoms with Crippen molar-refractivity contribution in [2.75, 3.05) is 13.1 Å². The van der Waals surface area contributed by atoms with E-state index < -0.39 is 11.7 Å². The second-order valence-corrected chi connectivity index (χ2v) is 5.19. The molecule has 86 valence electrons. The van der Waals surface area contributed by atoms with Gasteiger partial charge in [0.05, 0.1) is 11.7 Å². The van der Waals surface area contributed by atoms with E-state index in [2.05, 4.69) is 5.32 Å². The van der Waals surface area contributed by atoms with Crippen LogP contribution in [-0.2, 0) is 0 Å². The molecule has 3 heteroatoms. The zero-order valence-corrected chi connectivity index (χ0v) is 10.1. The second kappa shape index (κ2) is 5.10. The van der Waals surface area contributed by atoms with Crippen LogP contribution in [0.25, 0.3) is 0 Å². The van der Waals surface area contributed by atoms with Gasteiger partial charge in [-0.25, -0.2) is 0 Å². The smallest absolute Gasteiger partial charge is 0.0692 e. The molecule has 3 nitrogen and oxygen atoms in total. The van der Waals surface area contributed by atoms with Crippen molar-refractivity contribution in [1.29, 1.82) is 0 Å². The fourth-order valence-electron chi connectivity index (χ4n) is 1.15. The van der Waals surface area contributed by atoms with Gasteiger partial charge in [0.1, 0.15) is 0 Å². The maximum atomic E-state index is 10.1. The minimum absolute atomic E-state index is 0.208. The highest BCUT2D eigenvalue weighted by atomic mass is 16.3. The summed E-state index contributed by atoms with van der Waals surface area (Å²) in [4.78, 5) is 0. The Balaban J connectivity index is 4.08. The van der Waals surface area contributed by atoms with Crippen molar-refractivity contribution in [3.8, 4) is 0 Å². The van der Waals surface area contributed by atoms with Gasteiger partial charge >= 0.3 is 0 Å². The third kappa shape index (κ3) is 4.40. The molecule has 0 unspecified atom stereocenters. The topological polar surface area (TPSA) is 52.5 Å². The number of nitrogens with one attached hydrogen (secondary N) is 1. The van der Waals surface area contributed by atoms with Gasteiger partial charge in [0.15, 0.2) is 0 Å². The predicted molar refractivity (Wildman–Crippen MR) is 59.2 cm³/mol. The van der Waals surface area contributed by atoms with Gasteiger partial charge in [0, 0.05) is 13.0 Å². The lowest BCUT2D eigenvalue weighted by molar-refractivity contribution is -0.0736. The van der Waals surface area contributed by atoms with Crippen LogP contribution in [0, 0.1) is 5.41 Å². The molecule has 3 N–H and O–H groups in total. The van der Waals surface area contributed by atoms with Crippen LogP contribution in [0.4, 0.5) is 0 Å². The van der Waals surface area contributed by atoms with Gasteiger partial charge in [-0.05, 0) is 18.9 Å². The molecule has 0 rings (SSSR count). The largest absolute Gasteiger partial charge is 0.392 e. The lowest BCUT2D eigenvalue weighted by Gasteiger charge is -2.38. The van der Waals surface area contributed by atoms with Crippen LogP contribution in [0.1, 0.15) is 41.0 Å². The molecule has 0 amide bonds. The minimum Gasteiger partial charge on any atom is -0.392 e. The Morgan fingerprint density at radius 1 is 1.21 bits per heavy atom. The number of aliphatic hydroxyl groups excluding tert-OH is 1. The highest BCUT2D eigenvalue weighted by Crippen LogP contribution is 2.33. The maximum Gasteiger partial charge on any atom is 0.0692 e. The molecule has 0 aliphatic carbocycles. The number of hydrogen-bond acceptors (Lipinski definition) is 3. The van der Waals surface area contributed by atoms with Gasteiger partial charge < -0.3 is 15.5 Å². The molecule has 0 aromatic heterocycles. The SMILES string of the molecule is CCNC[C@@H](O)C[C@](C)(O)C(C)(C)C. The van der Waals surface area contributed by atoms with E-state index in [0.717, 1.165) is 6.54 Å². The van der Waals surface area contributed by atoms with E-state index in [1.54, 1.807) is 6.92 Å². The van der Waals surface area contributed by atoms with Gasteiger partial charge in [-0.3, -0.25) is 0 Å². The Bertz CT molecular complexity index is 161. The molecular formula is C11H25NO2. The predicted octanol–water partition coefficient (Wildman–Crippen LogP) is 1.14. The van der Waals surface area contributed by atoms with Crippen LogP contribution in [0.5, 0.6) is 0 Å². The fourth-order valence-corrected chi connectivity index (χ4v) is 1.15. The van der Waals surface area contributed by atoms with E-state index in [1.165, 1.54) is 0 Å². The number of aliphatic hydroxyl groups is 2. The van der Waals surface area contributed by atoms with Crippen molar-refractivity contribution in [2.24, 2.45) is 5.41 Å². The van der Waals surface area contributed by atoms with Gasteiger partial charge in [-0.1, -0.05) is 27.7 Å².